The largest absolute Gasteiger partial charge is 0.364 e. The third kappa shape index (κ3) is 2.09. The number of hydrogen-bond acceptors (Lipinski definition) is 2. The van der Waals surface area contributed by atoms with Crippen LogP contribution >= 0.6 is 0 Å². The molecule has 1 aromatic rings. The Morgan fingerprint density at radius 3 is 2.25 bits per heavy atom. The fourth-order valence-corrected chi connectivity index (χ4v) is 2.31. The van der Waals surface area contributed by atoms with Crippen LogP contribution in [0.5, 0.6) is 0 Å². The molecule has 1 aliphatic heterocycles. The van der Waals surface area contributed by atoms with Gasteiger partial charge < -0.3 is 0 Å². The molecule has 1 aliphatic rings. The van der Waals surface area contributed by atoms with Crippen molar-refractivity contribution in [3.05, 3.63) is 29.8 Å². The number of carbonyl (C=O) groups is 1. The Bertz CT molecular complexity index is 377. The molecule has 16 heavy (non-hydrogen) atoms. The van der Waals surface area contributed by atoms with Gasteiger partial charge in [-0.25, -0.2) is 4.79 Å². The van der Waals surface area contributed by atoms with Gasteiger partial charge in [0, 0.05) is 31.9 Å². The van der Waals surface area contributed by atoms with Gasteiger partial charge >= 0.3 is 5.97 Å². The average Bonchev–Trinajstić information content (AvgIpc) is 2.67. The number of rotatable bonds is 2. The van der Waals surface area contributed by atoms with Gasteiger partial charge in [-0.1, -0.05) is 17.7 Å². The summed E-state index contributed by atoms with van der Waals surface area (Å²) in [6.07, 6.45) is 2.22. The van der Waals surface area contributed by atoms with E-state index in [9.17, 15) is 4.79 Å². The molecule has 0 saturated carbocycles. The monoisotopic (exact) mass is 220 g/mol. The molecule has 0 unspecified atom stereocenters. The predicted molar refractivity (Wildman–Crippen MR) is 63.7 cm³/mol. The molecule has 1 saturated heterocycles. The lowest BCUT2D eigenvalue weighted by Crippen LogP contribution is -2.47. The van der Waals surface area contributed by atoms with Crippen LogP contribution in [0.15, 0.2) is 24.3 Å². The molecule has 2 rings (SSSR count). The first-order chi connectivity index (χ1) is 7.62. The average molecular weight is 220 g/mol. The maximum Gasteiger partial charge on any atom is 0.364 e. The van der Waals surface area contributed by atoms with Crippen LogP contribution in [0.2, 0.25) is 0 Å². The van der Waals surface area contributed by atoms with Gasteiger partial charge in [0.15, 0.2) is 5.69 Å². The summed E-state index contributed by atoms with van der Waals surface area (Å²) in [7, 11) is 0. The third-order valence-corrected chi connectivity index (χ3v) is 3.10. The van der Waals surface area contributed by atoms with Crippen molar-refractivity contribution >= 4 is 11.7 Å². The zero-order chi connectivity index (χ0) is 11.6. The van der Waals surface area contributed by atoms with Crippen LogP contribution in [0.1, 0.15) is 25.3 Å². The smallest absolute Gasteiger partial charge is 0.272 e. The van der Waals surface area contributed by atoms with Crippen molar-refractivity contribution in [3.63, 3.8) is 0 Å². The van der Waals surface area contributed by atoms with Gasteiger partial charge in [0.1, 0.15) is 13.1 Å². The maximum absolute atomic E-state index is 11.2. The molecule has 3 nitrogen and oxygen atoms in total. The minimum absolute atomic E-state index is 0.206. The summed E-state index contributed by atoms with van der Waals surface area (Å²) in [6, 6.07) is 8.25. The van der Waals surface area contributed by atoms with Crippen molar-refractivity contribution in [2.75, 3.05) is 13.1 Å². The number of aryl methyl sites for hydroxylation is 1. The lowest BCUT2D eigenvalue weighted by atomic mass is 10.2. The lowest BCUT2D eigenvalue weighted by molar-refractivity contribution is -0.178. The molecular weight excluding hydrogens is 202 g/mol. The molecule has 3 heteroatoms. The van der Waals surface area contributed by atoms with E-state index >= 15 is 0 Å². The van der Waals surface area contributed by atoms with Crippen LogP contribution in [0.4, 0.5) is 5.69 Å². The predicted octanol–water partition coefficient (Wildman–Crippen LogP) is 2.57. The van der Waals surface area contributed by atoms with Crippen molar-refractivity contribution in [2.24, 2.45) is 0 Å². The SMILES string of the molecule is CC(=O)O[N+]1(c2ccc(C)cc2)CCCC1. The fraction of sp³-hybridized carbons (Fsp3) is 0.462. The summed E-state index contributed by atoms with van der Waals surface area (Å²) < 4.78 is 0.371. The molecular formula is C13H18NO2+. The molecule has 0 bridgehead atoms. The van der Waals surface area contributed by atoms with Gasteiger partial charge in [-0.3, -0.25) is 4.84 Å². The van der Waals surface area contributed by atoms with Crippen molar-refractivity contribution in [1.82, 2.24) is 4.65 Å². The van der Waals surface area contributed by atoms with Gasteiger partial charge in [0.2, 0.25) is 0 Å². The lowest BCUT2D eigenvalue weighted by Gasteiger charge is -2.29. The van der Waals surface area contributed by atoms with Crippen LogP contribution < -0.4 is 4.65 Å². The van der Waals surface area contributed by atoms with E-state index in [0.717, 1.165) is 31.6 Å². The molecule has 0 amide bonds. The first-order valence-electron chi connectivity index (χ1n) is 5.77. The van der Waals surface area contributed by atoms with E-state index in [2.05, 4.69) is 31.2 Å². The molecule has 0 radical (unpaired) electrons. The summed E-state index contributed by atoms with van der Waals surface area (Å²) in [5.41, 5.74) is 2.31. The highest BCUT2D eigenvalue weighted by atomic mass is 16.7. The highest BCUT2D eigenvalue weighted by molar-refractivity contribution is 5.67. The van der Waals surface area contributed by atoms with Gasteiger partial charge in [0.05, 0.1) is 0 Å². The van der Waals surface area contributed by atoms with Crippen LogP contribution in [0.25, 0.3) is 0 Å². The van der Waals surface area contributed by atoms with E-state index in [1.165, 1.54) is 12.5 Å². The van der Waals surface area contributed by atoms with E-state index in [1.807, 2.05) is 0 Å². The van der Waals surface area contributed by atoms with Crippen LogP contribution in [-0.4, -0.2) is 19.1 Å². The Hall–Kier alpha value is -1.35. The molecule has 0 N–H and O–H groups in total. The van der Waals surface area contributed by atoms with Gasteiger partial charge in [-0.2, -0.15) is 0 Å². The molecule has 1 aromatic carbocycles. The number of hydrogen-bond donors (Lipinski definition) is 0. The Balaban J connectivity index is 2.31. The highest BCUT2D eigenvalue weighted by Gasteiger charge is 2.39. The van der Waals surface area contributed by atoms with Crippen LogP contribution in [-0.2, 0) is 9.63 Å². The topological polar surface area (TPSA) is 26.3 Å². The second-order valence-electron chi connectivity index (χ2n) is 4.46. The van der Waals surface area contributed by atoms with Crippen molar-refractivity contribution in [2.45, 2.75) is 26.7 Å². The Morgan fingerprint density at radius 1 is 1.19 bits per heavy atom. The number of quaternary nitrogens is 1. The number of nitrogens with zero attached hydrogens (tertiary/aromatic N) is 1. The molecule has 1 heterocycles. The summed E-state index contributed by atoms with van der Waals surface area (Å²) in [5, 5.41) is 0. The minimum atomic E-state index is -0.206. The summed E-state index contributed by atoms with van der Waals surface area (Å²) in [6.45, 7) is 5.32. The number of carbonyl (C=O) groups excluding carboxylic acids is 1. The van der Waals surface area contributed by atoms with Crippen molar-refractivity contribution in [3.8, 4) is 0 Å². The van der Waals surface area contributed by atoms with Gasteiger partial charge in [-0.05, 0) is 6.92 Å². The van der Waals surface area contributed by atoms with Crippen LogP contribution in [0, 0.1) is 6.92 Å². The Labute approximate surface area is 96.2 Å². The maximum atomic E-state index is 11.2. The van der Waals surface area contributed by atoms with Crippen molar-refractivity contribution < 1.29 is 9.63 Å². The summed E-state index contributed by atoms with van der Waals surface area (Å²) in [5.74, 6) is -0.206. The first-order valence-corrected chi connectivity index (χ1v) is 5.77. The van der Waals surface area contributed by atoms with Crippen molar-refractivity contribution in [1.29, 1.82) is 0 Å². The molecule has 86 valence electrons. The third-order valence-electron chi connectivity index (χ3n) is 3.10. The van der Waals surface area contributed by atoms with Crippen LogP contribution in [0.3, 0.4) is 0 Å². The normalized spacial score (nSPS) is 18.4. The molecule has 0 atom stereocenters. The number of benzene rings is 1. The first kappa shape index (κ1) is 11.1. The summed E-state index contributed by atoms with van der Waals surface area (Å²) in [4.78, 5) is 16.7. The standard InChI is InChI=1S/C13H18NO2/c1-11-5-7-13(8-6-11)14(16-12(2)15)9-3-4-10-14/h5-8H,3-4,9-10H2,1-2H3/q+1. The molecule has 0 aliphatic carbocycles. The van der Waals surface area contributed by atoms with Gasteiger partial charge in [0.25, 0.3) is 0 Å². The van der Waals surface area contributed by atoms with E-state index in [0.29, 0.717) is 4.65 Å². The molecule has 1 fully saturated rings. The number of hydroxylamine groups is 2. The second-order valence-corrected chi connectivity index (χ2v) is 4.46. The Morgan fingerprint density at radius 2 is 1.75 bits per heavy atom. The van der Waals surface area contributed by atoms with Gasteiger partial charge in [-0.15, -0.1) is 4.65 Å². The fourth-order valence-electron chi connectivity index (χ4n) is 2.31. The van der Waals surface area contributed by atoms with E-state index < -0.39 is 0 Å². The Kier molecular flexibility index (Phi) is 2.97. The van der Waals surface area contributed by atoms with E-state index in [-0.39, 0.29) is 5.97 Å². The zero-order valence-electron chi connectivity index (χ0n) is 9.90. The van der Waals surface area contributed by atoms with E-state index in [1.54, 1.807) is 0 Å². The molecule has 0 aromatic heterocycles. The summed E-state index contributed by atoms with van der Waals surface area (Å²) >= 11 is 0. The van der Waals surface area contributed by atoms with E-state index in [4.69, 9.17) is 4.84 Å². The molecule has 0 spiro atoms. The zero-order valence-corrected chi connectivity index (χ0v) is 9.90. The quantitative estimate of drug-likeness (QED) is 0.716. The minimum Gasteiger partial charge on any atom is -0.272 e. The highest BCUT2D eigenvalue weighted by Crippen LogP contribution is 2.30. The second kappa shape index (κ2) is 4.26.